The largest absolute Gasteiger partial charge is 0.387 e. The highest BCUT2D eigenvalue weighted by Gasteiger charge is 2.37. The first-order chi connectivity index (χ1) is 16.7. The van der Waals surface area contributed by atoms with Gasteiger partial charge in [0.2, 0.25) is 0 Å². The van der Waals surface area contributed by atoms with Gasteiger partial charge >= 0.3 is 0 Å². The Bertz CT molecular complexity index is 1320. The van der Waals surface area contributed by atoms with Crippen LogP contribution in [0, 0.1) is 0 Å². The summed E-state index contributed by atoms with van der Waals surface area (Å²) in [5, 5.41) is 9.88. The van der Waals surface area contributed by atoms with E-state index in [0.717, 1.165) is 23.6 Å². The maximum atomic E-state index is 13.9. The molecule has 1 unspecified atom stereocenters. The number of halogens is 3. The van der Waals surface area contributed by atoms with Gasteiger partial charge in [0.15, 0.2) is 0 Å². The van der Waals surface area contributed by atoms with E-state index in [1.165, 1.54) is 24.3 Å². The van der Waals surface area contributed by atoms with Crippen LogP contribution in [-0.2, 0) is 23.6 Å². The Kier molecular flexibility index (Phi) is 7.34. The van der Waals surface area contributed by atoms with E-state index in [-0.39, 0.29) is 24.2 Å². The lowest BCUT2D eigenvalue weighted by atomic mass is 9.98. The van der Waals surface area contributed by atoms with E-state index in [4.69, 9.17) is 11.6 Å². The van der Waals surface area contributed by atoms with Crippen molar-refractivity contribution >= 4 is 17.4 Å². The summed E-state index contributed by atoms with van der Waals surface area (Å²) in [5.41, 5.74) is 4.34. The standard InChI is InChI=1S/C28H23ClF2N2O2/c1-18(34)28(30,31)23-11-7-20(8-12-23)16-25(35)15-19-5-9-21(10-6-19)26-27(33-14-13-32-26)22-3-2-4-24(29)17-22/h2-14,17-18,34H,15-16H2,1H3. The van der Waals surface area contributed by atoms with Crippen molar-refractivity contribution in [1.29, 1.82) is 0 Å². The first-order valence-electron chi connectivity index (χ1n) is 11.1. The van der Waals surface area contributed by atoms with Crippen molar-refractivity contribution < 1.29 is 18.7 Å². The third-order valence-electron chi connectivity index (χ3n) is 5.69. The molecule has 0 fully saturated rings. The van der Waals surface area contributed by atoms with Crippen molar-refractivity contribution in [3.8, 4) is 22.5 Å². The Morgan fingerprint density at radius 2 is 1.43 bits per heavy atom. The fourth-order valence-corrected chi connectivity index (χ4v) is 3.97. The molecular formula is C28H23ClF2N2O2. The second-order valence-corrected chi connectivity index (χ2v) is 8.79. The number of alkyl halides is 2. The van der Waals surface area contributed by atoms with Crippen LogP contribution < -0.4 is 0 Å². The molecule has 1 heterocycles. The molecule has 4 aromatic rings. The van der Waals surface area contributed by atoms with Gasteiger partial charge in [-0.15, -0.1) is 0 Å². The van der Waals surface area contributed by atoms with Gasteiger partial charge < -0.3 is 5.11 Å². The zero-order valence-corrected chi connectivity index (χ0v) is 19.7. The predicted molar refractivity (Wildman–Crippen MR) is 132 cm³/mol. The fraction of sp³-hybridized carbons (Fsp3) is 0.179. The molecule has 0 spiro atoms. The molecule has 0 aliphatic heterocycles. The van der Waals surface area contributed by atoms with Gasteiger partial charge in [-0.25, -0.2) is 0 Å². The Morgan fingerprint density at radius 1 is 0.886 bits per heavy atom. The van der Waals surface area contributed by atoms with Gasteiger partial charge in [0.25, 0.3) is 5.92 Å². The van der Waals surface area contributed by atoms with Crippen LogP contribution in [0.1, 0.15) is 23.6 Å². The zero-order valence-electron chi connectivity index (χ0n) is 19.0. The van der Waals surface area contributed by atoms with E-state index in [9.17, 15) is 18.7 Å². The molecular weight excluding hydrogens is 470 g/mol. The minimum Gasteiger partial charge on any atom is -0.387 e. The molecule has 0 radical (unpaired) electrons. The minimum atomic E-state index is -3.33. The molecule has 7 heteroatoms. The van der Waals surface area contributed by atoms with E-state index in [2.05, 4.69) is 9.97 Å². The quantitative estimate of drug-likeness (QED) is 0.314. The number of rotatable bonds is 8. The maximum absolute atomic E-state index is 13.9. The van der Waals surface area contributed by atoms with E-state index in [1.54, 1.807) is 18.5 Å². The van der Waals surface area contributed by atoms with Crippen LogP contribution in [0.25, 0.3) is 22.5 Å². The highest BCUT2D eigenvalue weighted by Crippen LogP contribution is 2.32. The smallest absolute Gasteiger partial charge is 0.298 e. The summed E-state index contributed by atoms with van der Waals surface area (Å²) in [4.78, 5) is 21.5. The Morgan fingerprint density at radius 3 is 1.97 bits per heavy atom. The Labute approximate surface area is 207 Å². The van der Waals surface area contributed by atoms with Crippen molar-refractivity contribution in [1.82, 2.24) is 9.97 Å². The van der Waals surface area contributed by atoms with Gasteiger partial charge in [-0.2, -0.15) is 8.78 Å². The van der Waals surface area contributed by atoms with Gasteiger partial charge in [-0.05, 0) is 30.2 Å². The molecule has 0 saturated carbocycles. The van der Waals surface area contributed by atoms with Crippen LogP contribution in [0.3, 0.4) is 0 Å². The van der Waals surface area contributed by atoms with Crippen LogP contribution in [0.4, 0.5) is 8.78 Å². The van der Waals surface area contributed by atoms with E-state index >= 15 is 0 Å². The van der Waals surface area contributed by atoms with Crippen LogP contribution in [0.15, 0.2) is 85.2 Å². The summed E-state index contributed by atoms with van der Waals surface area (Å²) < 4.78 is 27.8. The minimum absolute atomic E-state index is 0.0353. The van der Waals surface area contributed by atoms with E-state index < -0.39 is 12.0 Å². The molecule has 3 aromatic carbocycles. The molecule has 0 amide bonds. The van der Waals surface area contributed by atoms with Crippen LogP contribution >= 0.6 is 11.6 Å². The molecule has 0 bridgehead atoms. The third-order valence-corrected chi connectivity index (χ3v) is 5.92. The maximum Gasteiger partial charge on any atom is 0.298 e. The summed E-state index contributed by atoms with van der Waals surface area (Å²) in [6.45, 7) is 1.05. The second kappa shape index (κ2) is 10.4. The lowest BCUT2D eigenvalue weighted by Gasteiger charge is -2.19. The number of aliphatic hydroxyl groups excluding tert-OH is 1. The van der Waals surface area contributed by atoms with Gasteiger partial charge in [-0.1, -0.05) is 72.3 Å². The number of aromatic nitrogens is 2. The highest BCUT2D eigenvalue weighted by molar-refractivity contribution is 6.30. The lowest BCUT2D eigenvalue weighted by molar-refractivity contribution is -0.117. The van der Waals surface area contributed by atoms with E-state index in [1.807, 2.05) is 42.5 Å². The van der Waals surface area contributed by atoms with Crippen LogP contribution in [0.2, 0.25) is 5.02 Å². The number of aliphatic hydroxyl groups is 1. The van der Waals surface area contributed by atoms with Gasteiger partial charge in [0.1, 0.15) is 11.9 Å². The molecule has 1 N–H and O–H groups in total. The molecule has 0 aliphatic rings. The zero-order chi connectivity index (χ0) is 25.0. The lowest BCUT2D eigenvalue weighted by Crippen LogP contribution is -2.27. The van der Waals surface area contributed by atoms with Crippen molar-refractivity contribution in [3.05, 3.63) is 107 Å². The number of carbonyl (C=O) groups is 1. The second-order valence-electron chi connectivity index (χ2n) is 8.35. The average Bonchev–Trinajstić information content (AvgIpc) is 2.85. The molecule has 35 heavy (non-hydrogen) atoms. The normalized spacial score (nSPS) is 12.4. The Balaban J connectivity index is 1.45. The van der Waals surface area contributed by atoms with Crippen molar-refractivity contribution in [2.45, 2.75) is 31.8 Å². The average molecular weight is 493 g/mol. The summed E-state index contributed by atoms with van der Waals surface area (Å²) in [7, 11) is 0. The number of hydrogen-bond acceptors (Lipinski definition) is 4. The summed E-state index contributed by atoms with van der Waals surface area (Å²) in [6, 6.07) is 20.4. The third kappa shape index (κ3) is 5.78. The summed E-state index contributed by atoms with van der Waals surface area (Å²) in [5.74, 6) is -3.37. The SMILES string of the molecule is CC(O)C(F)(F)c1ccc(CC(=O)Cc2ccc(-c3nccnc3-c3cccc(Cl)c3)cc2)cc1. The van der Waals surface area contributed by atoms with E-state index in [0.29, 0.717) is 22.0 Å². The molecule has 178 valence electrons. The summed E-state index contributed by atoms with van der Waals surface area (Å²) in [6.07, 6.45) is 1.81. The van der Waals surface area contributed by atoms with Crippen molar-refractivity contribution in [2.24, 2.45) is 0 Å². The van der Waals surface area contributed by atoms with Crippen molar-refractivity contribution in [2.75, 3.05) is 0 Å². The first-order valence-corrected chi connectivity index (χ1v) is 11.4. The topological polar surface area (TPSA) is 63.1 Å². The number of carbonyl (C=O) groups excluding carboxylic acids is 1. The molecule has 4 rings (SSSR count). The van der Waals surface area contributed by atoms with Gasteiger partial charge in [0.05, 0.1) is 11.4 Å². The van der Waals surface area contributed by atoms with Gasteiger partial charge in [-0.3, -0.25) is 14.8 Å². The monoisotopic (exact) mass is 492 g/mol. The highest BCUT2D eigenvalue weighted by atomic mass is 35.5. The Hall–Kier alpha value is -3.48. The molecule has 0 saturated heterocycles. The summed E-state index contributed by atoms with van der Waals surface area (Å²) >= 11 is 6.14. The number of Topliss-reactive ketones (excluding diaryl/α,β-unsaturated/α-hetero) is 1. The van der Waals surface area contributed by atoms with Crippen LogP contribution in [-0.4, -0.2) is 27.0 Å². The fourth-order valence-electron chi connectivity index (χ4n) is 3.78. The number of nitrogens with zero attached hydrogens (tertiary/aromatic N) is 2. The molecule has 1 aromatic heterocycles. The number of ketones is 1. The van der Waals surface area contributed by atoms with Gasteiger partial charge in [0, 0.05) is 46.9 Å². The first kappa shape index (κ1) is 24.6. The molecule has 1 atom stereocenters. The predicted octanol–water partition coefficient (Wildman–Crippen LogP) is 6.29. The molecule has 4 nitrogen and oxygen atoms in total. The number of benzene rings is 3. The molecule has 0 aliphatic carbocycles. The number of hydrogen-bond donors (Lipinski definition) is 1. The van der Waals surface area contributed by atoms with Crippen LogP contribution in [0.5, 0.6) is 0 Å². The van der Waals surface area contributed by atoms with Crippen molar-refractivity contribution in [3.63, 3.8) is 0 Å².